The van der Waals surface area contributed by atoms with Crippen LogP contribution in [0.2, 0.25) is 5.15 Å². The third kappa shape index (κ3) is 4.99. The lowest BCUT2D eigenvalue weighted by Crippen LogP contribution is -2.24. The number of carbonyl (C=O) groups is 1. The molecule has 3 rings (SSSR count). The van der Waals surface area contributed by atoms with Gasteiger partial charge in [-0.1, -0.05) is 35.9 Å². The van der Waals surface area contributed by atoms with E-state index in [1.54, 1.807) is 0 Å². The number of hydrogen-bond donors (Lipinski definition) is 1. The molecule has 30 heavy (non-hydrogen) atoms. The highest BCUT2D eigenvalue weighted by Crippen LogP contribution is 2.26. The van der Waals surface area contributed by atoms with Gasteiger partial charge in [0.15, 0.2) is 6.61 Å². The van der Waals surface area contributed by atoms with E-state index in [-0.39, 0.29) is 12.5 Å². The zero-order valence-corrected chi connectivity index (χ0v) is 18.1. The molecule has 1 aromatic heterocycles. The molecule has 0 bridgehead atoms. The van der Waals surface area contributed by atoms with Crippen molar-refractivity contribution in [3.8, 4) is 11.4 Å². The first kappa shape index (κ1) is 21.4. The maximum Gasteiger partial charge on any atom is 0.277 e. The number of halogens is 1. The Morgan fingerprint density at radius 2 is 1.93 bits per heavy atom. The van der Waals surface area contributed by atoms with Crippen molar-refractivity contribution in [2.45, 2.75) is 13.8 Å². The van der Waals surface area contributed by atoms with Crippen molar-refractivity contribution in [2.24, 2.45) is 5.10 Å². The van der Waals surface area contributed by atoms with E-state index in [1.165, 1.54) is 11.8 Å². The second-order valence-corrected chi connectivity index (χ2v) is 7.34. The molecule has 1 amide bonds. The minimum atomic E-state index is -0.379. The fourth-order valence-corrected chi connectivity index (χ4v) is 3.01. The van der Waals surface area contributed by atoms with Crippen LogP contribution in [0.1, 0.15) is 16.8 Å². The summed E-state index contributed by atoms with van der Waals surface area (Å²) in [6.07, 6.45) is 1.42. The molecule has 0 saturated heterocycles. The Morgan fingerprint density at radius 3 is 2.60 bits per heavy atom. The van der Waals surface area contributed by atoms with Gasteiger partial charge in [0.05, 0.1) is 6.21 Å². The number of para-hydroxylation sites is 1. The predicted molar refractivity (Wildman–Crippen MR) is 120 cm³/mol. The Morgan fingerprint density at radius 1 is 1.20 bits per heavy atom. The zero-order valence-electron chi connectivity index (χ0n) is 17.4. The standard InChI is InChI=1S/C22H24ClN5O2/c1-15-10-11-18(12-16(15)2)30-14-20(29)26-24-13-19-21(23)28(22(25-19)27(3)4)17-8-6-5-7-9-17/h5-13H,14H2,1-4H3,(H,26,29). The van der Waals surface area contributed by atoms with E-state index in [2.05, 4.69) is 15.5 Å². The summed E-state index contributed by atoms with van der Waals surface area (Å²) in [4.78, 5) is 18.4. The van der Waals surface area contributed by atoms with Crippen molar-refractivity contribution in [3.63, 3.8) is 0 Å². The van der Waals surface area contributed by atoms with Gasteiger partial charge in [-0.15, -0.1) is 0 Å². The lowest BCUT2D eigenvalue weighted by Gasteiger charge is -2.14. The molecule has 7 nitrogen and oxygen atoms in total. The van der Waals surface area contributed by atoms with E-state index in [1.807, 2.05) is 85.9 Å². The number of imidazole rings is 1. The summed E-state index contributed by atoms with van der Waals surface area (Å²) in [5.74, 6) is 0.908. The largest absolute Gasteiger partial charge is 0.484 e. The lowest BCUT2D eigenvalue weighted by molar-refractivity contribution is -0.123. The van der Waals surface area contributed by atoms with Crippen LogP contribution < -0.4 is 15.1 Å². The average Bonchev–Trinajstić information content (AvgIpc) is 3.06. The first-order valence-corrected chi connectivity index (χ1v) is 9.77. The van der Waals surface area contributed by atoms with Gasteiger partial charge in [-0.05, 0) is 49.2 Å². The maximum atomic E-state index is 12.0. The fraction of sp³-hybridized carbons (Fsp3) is 0.227. The quantitative estimate of drug-likeness (QED) is 0.462. The molecule has 1 N–H and O–H groups in total. The van der Waals surface area contributed by atoms with Crippen LogP contribution in [0.4, 0.5) is 5.95 Å². The van der Waals surface area contributed by atoms with Crippen molar-refractivity contribution in [2.75, 3.05) is 25.6 Å². The minimum Gasteiger partial charge on any atom is -0.484 e. The number of aromatic nitrogens is 2. The molecule has 0 aliphatic rings. The molecule has 2 aromatic carbocycles. The number of nitrogens with zero attached hydrogens (tertiary/aromatic N) is 4. The average molecular weight is 426 g/mol. The van der Waals surface area contributed by atoms with Crippen molar-refractivity contribution in [3.05, 3.63) is 70.5 Å². The maximum absolute atomic E-state index is 12.0. The number of benzene rings is 2. The Hall–Kier alpha value is -3.32. The number of ether oxygens (including phenoxy) is 1. The second kappa shape index (κ2) is 9.45. The van der Waals surface area contributed by atoms with Crippen LogP contribution in [-0.4, -0.2) is 42.4 Å². The summed E-state index contributed by atoms with van der Waals surface area (Å²) in [5, 5.41) is 4.37. The molecule has 0 radical (unpaired) electrons. The zero-order chi connectivity index (χ0) is 21.7. The van der Waals surface area contributed by atoms with Gasteiger partial charge in [0.2, 0.25) is 5.95 Å². The van der Waals surface area contributed by atoms with Gasteiger partial charge in [0.1, 0.15) is 16.6 Å². The van der Waals surface area contributed by atoms with E-state index in [4.69, 9.17) is 16.3 Å². The molecule has 0 fully saturated rings. The Balaban J connectivity index is 1.67. The van der Waals surface area contributed by atoms with Crippen molar-refractivity contribution in [1.29, 1.82) is 0 Å². The number of rotatable bonds is 7. The Bertz CT molecular complexity index is 1060. The molecule has 0 saturated carbocycles. The fourth-order valence-electron chi connectivity index (χ4n) is 2.74. The highest BCUT2D eigenvalue weighted by molar-refractivity contribution is 6.32. The third-order valence-electron chi connectivity index (χ3n) is 4.47. The van der Waals surface area contributed by atoms with Gasteiger partial charge >= 0.3 is 0 Å². The molecule has 8 heteroatoms. The number of hydrazone groups is 1. The number of anilines is 1. The Labute approximate surface area is 180 Å². The van der Waals surface area contributed by atoms with Crippen LogP contribution >= 0.6 is 11.6 Å². The van der Waals surface area contributed by atoms with Gasteiger partial charge in [-0.25, -0.2) is 10.4 Å². The summed E-state index contributed by atoms with van der Waals surface area (Å²) in [6.45, 7) is 3.87. The molecule has 156 valence electrons. The Kier molecular flexibility index (Phi) is 6.74. The number of carbonyl (C=O) groups excluding carboxylic acids is 1. The molecular formula is C22H24ClN5O2. The van der Waals surface area contributed by atoms with Crippen molar-refractivity contribution < 1.29 is 9.53 Å². The van der Waals surface area contributed by atoms with Crippen LogP contribution in [0, 0.1) is 13.8 Å². The lowest BCUT2D eigenvalue weighted by atomic mass is 10.1. The summed E-state index contributed by atoms with van der Waals surface area (Å²) < 4.78 is 7.32. The summed E-state index contributed by atoms with van der Waals surface area (Å²) >= 11 is 6.54. The van der Waals surface area contributed by atoms with E-state index in [9.17, 15) is 4.79 Å². The van der Waals surface area contributed by atoms with Crippen LogP contribution in [-0.2, 0) is 4.79 Å². The highest BCUT2D eigenvalue weighted by Gasteiger charge is 2.17. The molecule has 0 atom stereocenters. The van der Waals surface area contributed by atoms with E-state index in [0.29, 0.717) is 22.5 Å². The summed E-state index contributed by atoms with van der Waals surface area (Å²) in [7, 11) is 3.76. The van der Waals surface area contributed by atoms with E-state index in [0.717, 1.165) is 11.3 Å². The molecule has 3 aromatic rings. The van der Waals surface area contributed by atoms with E-state index < -0.39 is 0 Å². The molecule has 1 heterocycles. The first-order chi connectivity index (χ1) is 14.4. The molecular weight excluding hydrogens is 402 g/mol. The van der Waals surface area contributed by atoms with Crippen molar-refractivity contribution >= 4 is 29.7 Å². The van der Waals surface area contributed by atoms with Gasteiger partial charge in [-0.2, -0.15) is 5.10 Å². The van der Waals surface area contributed by atoms with Gasteiger partial charge in [0.25, 0.3) is 5.91 Å². The molecule has 0 unspecified atom stereocenters. The number of amides is 1. The van der Waals surface area contributed by atoms with Crippen LogP contribution in [0.25, 0.3) is 5.69 Å². The van der Waals surface area contributed by atoms with Crippen LogP contribution in [0.3, 0.4) is 0 Å². The van der Waals surface area contributed by atoms with Gasteiger partial charge < -0.3 is 9.64 Å². The second-order valence-electron chi connectivity index (χ2n) is 6.98. The van der Waals surface area contributed by atoms with Crippen LogP contribution in [0.15, 0.2) is 53.6 Å². The monoisotopic (exact) mass is 425 g/mol. The molecule has 0 aliphatic carbocycles. The van der Waals surface area contributed by atoms with E-state index >= 15 is 0 Å². The summed E-state index contributed by atoms with van der Waals surface area (Å²) in [6, 6.07) is 15.3. The first-order valence-electron chi connectivity index (χ1n) is 9.39. The minimum absolute atomic E-state index is 0.144. The SMILES string of the molecule is Cc1ccc(OCC(=O)NN=Cc2nc(N(C)C)n(-c3ccccc3)c2Cl)cc1C. The number of aryl methyl sites for hydroxylation is 2. The third-order valence-corrected chi connectivity index (χ3v) is 4.83. The van der Waals surface area contributed by atoms with Gasteiger partial charge in [-0.3, -0.25) is 9.36 Å². The van der Waals surface area contributed by atoms with Crippen LogP contribution in [0.5, 0.6) is 5.75 Å². The smallest absolute Gasteiger partial charge is 0.277 e. The summed E-state index contributed by atoms with van der Waals surface area (Å²) in [5.41, 5.74) is 6.03. The molecule has 0 spiro atoms. The van der Waals surface area contributed by atoms with Crippen molar-refractivity contribution in [1.82, 2.24) is 15.0 Å². The predicted octanol–water partition coefficient (Wildman–Crippen LogP) is 3.74. The topological polar surface area (TPSA) is 71.8 Å². The normalized spacial score (nSPS) is 11.0. The number of nitrogens with one attached hydrogen (secondary N) is 1. The number of hydrogen-bond acceptors (Lipinski definition) is 5. The van der Waals surface area contributed by atoms with Gasteiger partial charge in [0, 0.05) is 19.8 Å². The molecule has 0 aliphatic heterocycles. The highest BCUT2D eigenvalue weighted by atomic mass is 35.5.